The summed E-state index contributed by atoms with van der Waals surface area (Å²) in [5, 5.41) is 19.0. The van der Waals surface area contributed by atoms with Gasteiger partial charge in [-0.05, 0) is 25.0 Å². The van der Waals surface area contributed by atoms with Crippen molar-refractivity contribution in [3.05, 3.63) is 57.7 Å². The van der Waals surface area contributed by atoms with Crippen LogP contribution in [-0.2, 0) is 6.18 Å². The van der Waals surface area contributed by atoms with E-state index in [1.165, 1.54) is 10.5 Å². The molecule has 0 radical (unpaired) electrons. The molecule has 162 valence electrons. The summed E-state index contributed by atoms with van der Waals surface area (Å²) in [6.07, 6.45) is -1.24. The number of rotatable bonds is 4. The first-order valence-electron chi connectivity index (χ1n) is 9.26. The number of fused-ring (bicyclic) bond motifs is 1. The van der Waals surface area contributed by atoms with Gasteiger partial charge in [-0.3, -0.25) is 19.3 Å². The molecule has 0 bridgehead atoms. The lowest BCUT2D eigenvalue weighted by Crippen LogP contribution is -2.37. The molecule has 0 aromatic carbocycles. The van der Waals surface area contributed by atoms with Gasteiger partial charge in [0.1, 0.15) is 17.8 Å². The zero-order valence-corrected chi connectivity index (χ0v) is 15.9. The number of hydrogen-bond acceptors (Lipinski definition) is 7. The molecule has 3 aromatic heterocycles. The number of primary amides is 1. The molecule has 1 atom stereocenters. The van der Waals surface area contributed by atoms with E-state index in [9.17, 15) is 28.1 Å². The van der Waals surface area contributed by atoms with Gasteiger partial charge < -0.3 is 10.6 Å². The van der Waals surface area contributed by atoms with Crippen LogP contribution in [0.15, 0.2) is 30.6 Å². The van der Waals surface area contributed by atoms with Crippen LogP contribution in [0.25, 0.3) is 5.65 Å². The third kappa shape index (κ3) is 3.85. The molecule has 1 unspecified atom stereocenters. The van der Waals surface area contributed by atoms with Crippen molar-refractivity contribution >= 4 is 23.1 Å². The summed E-state index contributed by atoms with van der Waals surface area (Å²) in [5.74, 6) is -0.623. The molecule has 0 saturated carbocycles. The number of carbonyl (C=O) groups excluding carboxylic acids is 1. The van der Waals surface area contributed by atoms with Gasteiger partial charge in [0.25, 0.3) is 11.6 Å². The van der Waals surface area contributed by atoms with E-state index in [-0.39, 0.29) is 35.2 Å². The average molecular weight is 435 g/mol. The predicted molar refractivity (Wildman–Crippen MR) is 102 cm³/mol. The number of nitro groups is 1. The summed E-state index contributed by atoms with van der Waals surface area (Å²) in [5.41, 5.74) is 4.39. The topological polar surface area (TPSA) is 133 Å². The van der Waals surface area contributed by atoms with Crippen molar-refractivity contribution in [3.8, 4) is 0 Å². The quantitative estimate of drug-likeness (QED) is 0.492. The Bertz CT molecular complexity index is 1180. The molecular weight excluding hydrogens is 419 g/mol. The van der Waals surface area contributed by atoms with E-state index in [1.807, 2.05) is 0 Å². The molecule has 4 heterocycles. The van der Waals surface area contributed by atoms with Gasteiger partial charge in [0.2, 0.25) is 0 Å². The Morgan fingerprint density at radius 3 is 2.74 bits per heavy atom. The first-order valence-corrected chi connectivity index (χ1v) is 9.26. The largest absolute Gasteiger partial charge is 0.417 e. The highest BCUT2D eigenvalue weighted by atomic mass is 19.4. The van der Waals surface area contributed by atoms with Crippen molar-refractivity contribution in [2.75, 3.05) is 18.0 Å². The van der Waals surface area contributed by atoms with Crippen LogP contribution in [-0.4, -0.2) is 43.5 Å². The number of piperidine rings is 1. The van der Waals surface area contributed by atoms with Gasteiger partial charge in [-0.25, -0.2) is 4.98 Å². The number of anilines is 1. The molecule has 2 N–H and O–H groups in total. The minimum atomic E-state index is -4.51. The van der Waals surface area contributed by atoms with Gasteiger partial charge in [0, 0.05) is 31.3 Å². The monoisotopic (exact) mass is 435 g/mol. The summed E-state index contributed by atoms with van der Waals surface area (Å²) in [7, 11) is 0. The minimum Gasteiger partial charge on any atom is -0.365 e. The highest BCUT2D eigenvalue weighted by Gasteiger charge is 2.33. The fourth-order valence-corrected chi connectivity index (χ4v) is 3.71. The second-order valence-electron chi connectivity index (χ2n) is 7.17. The molecule has 0 spiro atoms. The lowest BCUT2D eigenvalue weighted by Gasteiger charge is -2.33. The number of hydrogen-bond donors (Lipinski definition) is 1. The van der Waals surface area contributed by atoms with Crippen molar-refractivity contribution in [3.63, 3.8) is 0 Å². The number of aromatic nitrogens is 4. The number of halogens is 3. The number of pyridine rings is 2. The minimum absolute atomic E-state index is 0.0969. The maximum atomic E-state index is 13.1. The first kappa shape index (κ1) is 20.5. The molecule has 0 aliphatic carbocycles. The molecule has 1 aliphatic heterocycles. The van der Waals surface area contributed by atoms with Gasteiger partial charge in [0.15, 0.2) is 5.65 Å². The van der Waals surface area contributed by atoms with Crippen LogP contribution in [0.4, 0.5) is 24.7 Å². The highest BCUT2D eigenvalue weighted by Crippen LogP contribution is 2.33. The molecule has 10 nitrogen and oxygen atoms in total. The molecule has 1 saturated heterocycles. The Balaban J connectivity index is 1.69. The summed E-state index contributed by atoms with van der Waals surface area (Å²) in [4.78, 5) is 28.0. The molecule has 1 aliphatic rings. The summed E-state index contributed by atoms with van der Waals surface area (Å²) >= 11 is 0. The fraction of sp³-hybridized carbons (Fsp3) is 0.333. The Hall–Kier alpha value is -3.77. The molecule has 1 amide bonds. The van der Waals surface area contributed by atoms with Crippen molar-refractivity contribution < 1.29 is 22.9 Å². The second kappa shape index (κ2) is 7.49. The van der Waals surface area contributed by atoms with Crippen molar-refractivity contribution in [1.82, 2.24) is 19.6 Å². The van der Waals surface area contributed by atoms with E-state index < -0.39 is 22.6 Å². The van der Waals surface area contributed by atoms with Gasteiger partial charge in [0.05, 0.1) is 16.1 Å². The van der Waals surface area contributed by atoms with E-state index in [2.05, 4.69) is 15.2 Å². The molecule has 31 heavy (non-hydrogen) atoms. The fourth-order valence-electron chi connectivity index (χ4n) is 3.71. The molecular formula is C18H16F3N7O3. The number of alkyl halides is 3. The zero-order valence-electron chi connectivity index (χ0n) is 15.9. The zero-order chi connectivity index (χ0) is 22.3. The Labute approximate surface area is 172 Å². The van der Waals surface area contributed by atoms with Crippen molar-refractivity contribution in [1.29, 1.82) is 0 Å². The second-order valence-corrected chi connectivity index (χ2v) is 7.17. The SMILES string of the molecule is NC(=O)c1cc([N+](=O)[O-])cnc1N1CCCC(c2nnc3ccc(C(F)(F)F)cn23)C1. The number of nitrogens with zero attached hydrogens (tertiary/aromatic N) is 6. The first-order chi connectivity index (χ1) is 14.6. The van der Waals surface area contributed by atoms with Crippen molar-refractivity contribution in [2.24, 2.45) is 5.73 Å². The summed E-state index contributed by atoms with van der Waals surface area (Å²) in [6.45, 7) is 0.772. The van der Waals surface area contributed by atoms with Gasteiger partial charge in [-0.1, -0.05) is 0 Å². The Morgan fingerprint density at radius 2 is 2.06 bits per heavy atom. The maximum Gasteiger partial charge on any atom is 0.417 e. The van der Waals surface area contributed by atoms with Crippen LogP contribution in [0.2, 0.25) is 0 Å². The average Bonchev–Trinajstić information content (AvgIpc) is 3.16. The smallest absolute Gasteiger partial charge is 0.365 e. The predicted octanol–water partition coefficient (Wildman–Crippen LogP) is 2.53. The lowest BCUT2D eigenvalue weighted by molar-refractivity contribution is -0.385. The summed E-state index contributed by atoms with van der Waals surface area (Å²) in [6, 6.07) is 3.26. The van der Waals surface area contributed by atoms with Crippen LogP contribution in [0.1, 0.15) is 40.5 Å². The number of nitrogens with two attached hydrogens (primary N) is 1. The van der Waals surface area contributed by atoms with Crippen molar-refractivity contribution in [2.45, 2.75) is 24.9 Å². The highest BCUT2D eigenvalue weighted by molar-refractivity contribution is 5.98. The van der Waals surface area contributed by atoms with Crippen LogP contribution in [0.5, 0.6) is 0 Å². The van der Waals surface area contributed by atoms with Crippen LogP contribution < -0.4 is 10.6 Å². The van der Waals surface area contributed by atoms with E-state index >= 15 is 0 Å². The molecule has 1 fully saturated rings. The van der Waals surface area contributed by atoms with Gasteiger partial charge in [-0.2, -0.15) is 13.2 Å². The van der Waals surface area contributed by atoms with Crippen LogP contribution in [0, 0.1) is 10.1 Å². The molecule has 4 rings (SSSR count). The van der Waals surface area contributed by atoms with E-state index in [1.54, 1.807) is 4.90 Å². The van der Waals surface area contributed by atoms with Gasteiger partial charge in [-0.15, -0.1) is 10.2 Å². The standard InChI is InChI=1S/C18H16F3N7O3/c19-18(20,21)11-3-4-14-24-25-16(27(14)9-11)10-2-1-5-26(8-10)17-13(15(22)29)6-12(7-23-17)28(30)31/h3-4,6-7,9-10H,1-2,5,8H2,(H2,22,29). The third-order valence-electron chi connectivity index (χ3n) is 5.17. The molecule has 13 heteroatoms. The van der Waals surface area contributed by atoms with E-state index in [4.69, 9.17) is 5.73 Å². The lowest BCUT2D eigenvalue weighted by atomic mass is 9.96. The van der Waals surface area contributed by atoms with Crippen LogP contribution >= 0.6 is 0 Å². The van der Waals surface area contributed by atoms with Gasteiger partial charge >= 0.3 is 6.18 Å². The number of carbonyl (C=O) groups is 1. The normalized spacial score (nSPS) is 17.1. The maximum absolute atomic E-state index is 13.1. The Morgan fingerprint density at radius 1 is 1.29 bits per heavy atom. The summed E-state index contributed by atoms with van der Waals surface area (Å²) < 4.78 is 40.7. The van der Waals surface area contributed by atoms with E-state index in [0.717, 1.165) is 24.5 Å². The molecule has 3 aromatic rings. The van der Waals surface area contributed by atoms with E-state index in [0.29, 0.717) is 25.2 Å². The Kier molecular flexibility index (Phi) is 4.95. The number of amides is 1. The third-order valence-corrected chi connectivity index (χ3v) is 5.17. The van der Waals surface area contributed by atoms with Crippen LogP contribution in [0.3, 0.4) is 0 Å².